The summed E-state index contributed by atoms with van der Waals surface area (Å²) in [5.41, 5.74) is 1.33. The van der Waals surface area contributed by atoms with Crippen LogP contribution in [0.2, 0.25) is 0 Å². The number of hydrogen-bond donors (Lipinski definition) is 1. The highest BCUT2D eigenvalue weighted by atomic mass is 79.9. The molecule has 3 aromatic rings. The predicted octanol–water partition coefficient (Wildman–Crippen LogP) is 4.57. The molecule has 27 heavy (non-hydrogen) atoms. The number of fused-ring (bicyclic) bond motifs is 2. The normalized spacial score (nSPS) is 15.6. The lowest BCUT2D eigenvalue weighted by Crippen LogP contribution is -2.22. The van der Waals surface area contributed by atoms with Crippen LogP contribution in [-0.4, -0.2) is 12.5 Å². The predicted molar refractivity (Wildman–Crippen MR) is 106 cm³/mol. The highest BCUT2D eigenvalue weighted by molar-refractivity contribution is 9.10. The van der Waals surface area contributed by atoms with Crippen molar-refractivity contribution in [3.63, 3.8) is 0 Å². The van der Waals surface area contributed by atoms with E-state index in [0.717, 1.165) is 28.6 Å². The third kappa shape index (κ3) is 3.25. The van der Waals surface area contributed by atoms with E-state index >= 15 is 0 Å². The molecule has 6 heteroatoms. The van der Waals surface area contributed by atoms with Crippen molar-refractivity contribution in [2.75, 3.05) is 6.61 Å². The zero-order valence-electron chi connectivity index (χ0n) is 14.8. The fraction of sp³-hybridized carbons (Fsp3) is 0.238. The van der Waals surface area contributed by atoms with Crippen molar-refractivity contribution in [3.05, 3.63) is 74.0 Å². The van der Waals surface area contributed by atoms with Crippen molar-refractivity contribution in [1.82, 2.24) is 5.32 Å². The van der Waals surface area contributed by atoms with Crippen molar-refractivity contribution in [1.29, 1.82) is 0 Å². The quantitative estimate of drug-likeness (QED) is 0.605. The number of carbonyl (C=O) groups excluding carboxylic acids is 1. The number of ether oxygens (including phenoxy) is 1. The summed E-state index contributed by atoms with van der Waals surface area (Å²) in [6.45, 7) is 2.74. The largest absolute Gasteiger partial charge is 0.494 e. The topological polar surface area (TPSA) is 68.5 Å². The van der Waals surface area contributed by atoms with Crippen LogP contribution in [0.4, 0.5) is 0 Å². The zero-order valence-corrected chi connectivity index (χ0v) is 16.3. The number of amides is 1. The molecule has 1 N–H and O–H groups in total. The minimum atomic E-state index is -0.554. The van der Waals surface area contributed by atoms with Gasteiger partial charge in [-0.1, -0.05) is 41.4 Å². The molecule has 0 radical (unpaired) electrons. The summed E-state index contributed by atoms with van der Waals surface area (Å²) in [5, 5.41) is 3.30. The molecular weight excluding hydrogens is 410 g/mol. The van der Waals surface area contributed by atoms with Crippen LogP contribution in [0.15, 0.2) is 56.1 Å². The molecular formula is C21H18BrNO4. The van der Waals surface area contributed by atoms with E-state index in [0.29, 0.717) is 23.1 Å². The highest BCUT2D eigenvalue weighted by Gasteiger charge is 2.36. The molecule has 0 saturated heterocycles. The lowest BCUT2D eigenvalue weighted by atomic mass is 9.99. The van der Waals surface area contributed by atoms with E-state index in [1.807, 2.05) is 24.3 Å². The first-order valence-corrected chi connectivity index (χ1v) is 9.67. The first kappa shape index (κ1) is 17.8. The summed E-state index contributed by atoms with van der Waals surface area (Å²) in [6.07, 6.45) is 2.02. The van der Waals surface area contributed by atoms with Gasteiger partial charge in [0.2, 0.25) is 5.76 Å². The van der Waals surface area contributed by atoms with E-state index in [-0.39, 0.29) is 17.1 Å². The van der Waals surface area contributed by atoms with Gasteiger partial charge in [0.15, 0.2) is 5.43 Å². The van der Waals surface area contributed by atoms with Gasteiger partial charge in [-0.25, -0.2) is 0 Å². The summed E-state index contributed by atoms with van der Waals surface area (Å²) in [4.78, 5) is 25.5. The summed E-state index contributed by atoms with van der Waals surface area (Å²) >= 11 is 3.38. The summed E-state index contributed by atoms with van der Waals surface area (Å²) in [7, 11) is 0. The monoisotopic (exact) mass is 427 g/mol. The lowest BCUT2D eigenvalue weighted by molar-refractivity contribution is 0.0938. The van der Waals surface area contributed by atoms with Crippen molar-refractivity contribution < 1.29 is 13.9 Å². The van der Waals surface area contributed by atoms with E-state index in [1.165, 1.54) is 0 Å². The average Bonchev–Trinajstić information content (AvgIpc) is 3.00. The Hall–Kier alpha value is -2.60. The van der Waals surface area contributed by atoms with Crippen LogP contribution in [0, 0.1) is 0 Å². The Labute approximate surface area is 164 Å². The Morgan fingerprint density at radius 1 is 1.19 bits per heavy atom. The molecule has 1 atom stereocenters. The molecule has 5 nitrogen and oxygen atoms in total. The Morgan fingerprint density at radius 2 is 2.04 bits per heavy atom. The maximum Gasteiger partial charge on any atom is 0.288 e. The van der Waals surface area contributed by atoms with Gasteiger partial charge in [0.25, 0.3) is 5.91 Å². The van der Waals surface area contributed by atoms with Crippen LogP contribution in [0.25, 0.3) is 11.0 Å². The molecule has 0 spiro atoms. The molecule has 0 bridgehead atoms. The fourth-order valence-electron chi connectivity index (χ4n) is 3.25. The Kier molecular flexibility index (Phi) is 4.74. The number of unbranched alkanes of at least 4 members (excludes halogenated alkanes) is 1. The molecule has 1 amide bonds. The third-order valence-corrected chi connectivity index (χ3v) is 5.11. The number of hydrogen-bond acceptors (Lipinski definition) is 4. The second kappa shape index (κ2) is 7.19. The molecule has 4 rings (SSSR count). The third-order valence-electron chi connectivity index (χ3n) is 4.62. The second-order valence-electron chi connectivity index (χ2n) is 6.50. The van der Waals surface area contributed by atoms with Gasteiger partial charge in [-0.3, -0.25) is 9.59 Å². The Morgan fingerprint density at radius 3 is 2.85 bits per heavy atom. The standard InChI is InChI=1S/C21H18BrNO4/c1-2-3-9-26-14-6-4-5-12(10-14)18-17-19(24)15-11-13(22)7-8-16(15)27-20(17)21(25)23-18/h4-8,10-11,18H,2-3,9H2,1H3,(H,23,25). The van der Waals surface area contributed by atoms with Gasteiger partial charge >= 0.3 is 0 Å². The van der Waals surface area contributed by atoms with Crippen molar-refractivity contribution in [2.24, 2.45) is 0 Å². The zero-order chi connectivity index (χ0) is 19.0. The maximum atomic E-state index is 13.1. The number of benzene rings is 2. The smallest absolute Gasteiger partial charge is 0.288 e. The molecule has 0 saturated carbocycles. The van der Waals surface area contributed by atoms with Crippen molar-refractivity contribution in [2.45, 2.75) is 25.8 Å². The van der Waals surface area contributed by atoms with Crippen LogP contribution in [-0.2, 0) is 0 Å². The summed E-state index contributed by atoms with van der Waals surface area (Å²) in [5.74, 6) is 0.419. The van der Waals surface area contributed by atoms with Crippen molar-refractivity contribution >= 4 is 32.8 Å². The first-order valence-electron chi connectivity index (χ1n) is 8.88. The molecule has 0 aliphatic carbocycles. The van der Waals surface area contributed by atoms with Crippen LogP contribution in [0.1, 0.15) is 47.5 Å². The van der Waals surface area contributed by atoms with Gasteiger partial charge in [0, 0.05) is 4.47 Å². The molecule has 2 aromatic carbocycles. The summed E-state index contributed by atoms with van der Waals surface area (Å²) < 4.78 is 12.3. The molecule has 1 aliphatic heterocycles. The van der Waals surface area contributed by atoms with Gasteiger partial charge < -0.3 is 14.5 Å². The van der Waals surface area contributed by atoms with E-state index < -0.39 is 6.04 Å². The highest BCUT2D eigenvalue weighted by Crippen LogP contribution is 2.32. The minimum Gasteiger partial charge on any atom is -0.494 e. The fourth-order valence-corrected chi connectivity index (χ4v) is 3.61. The van der Waals surface area contributed by atoms with Gasteiger partial charge in [-0.2, -0.15) is 0 Å². The van der Waals surface area contributed by atoms with Gasteiger partial charge in [-0.15, -0.1) is 0 Å². The SMILES string of the molecule is CCCCOc1cccc(C2NC(=O)c3oc4ccc(Br)cc4c(=O)c32)c1. The van der Waals surface area contributed by atoms with Crippen LogP contribution < -0.4 is 15.5 Å². The van der Waals surface area contributed by atoms with E-state index in [9.17, 15) is 9.59 Å². The number of carbonyl (C=O) groups is 1. The molecule has 0 fully saturated rings. The Bertz CT molecular complexity index is 1090. The van der Waals surface area contributed by atoms with Crippen molar-refractivity contribution in [3.8, 4) is 5.75 Å². The molecule has 1 aromatic heterocycles. The number of halogens is 1. The minimum absolute atomic E-state index is 0.0807. The average molecular weight is 428 g/mol. The molecule has 1 aliphatic rings. The van der Waals surface area contributed by atoms with Gasteiger partial charge in [0.05, 0.1) is 23.6 Å². The summed E-state index contributed by atoms with van der Waals surface area (Å²) in [6, 6.07) is 12.1. The van der Waals surface area contributed by atoms with Crippen LogP contribution in [0.3, 0.4) is 0 Å². The van der Waals surface area contributed by atoms with E-state index in [4.69, 9.17) is 9.15 Å². The molecule has 138 valence electrons. The van der Waals surface area contributed by atoms with Crippen LogP contribution >= 0.6 is 15.9 Å². The number of rotatable bonds is 5. The number of nitrogens with one attached hydrogen (secondary N) is 1. The molecule has 2 heterocycles. The lowest BCUT2D eigenvalue weighted by Gasteiger charge is -2.13. The van der Waals surface area contributed by atoms with E-state index in [2.05, 4.69) is 28.2 Å². The van der Waals surface area contributed by atoms with Crippen LogP contribution in [0.5, 0.6) is 5.75 Å². The van der Waals surface area contributed by atoms with Gasteiger partial charge in [0.1, 0.15) is 11.3 Å². The van der Waals surface area contributed by atoms with E-state index in [1.54, 1.807) is 18.2 Å². The molecule has 1 unspecified atom stereocenters. The first-order chi connectivity index (χ1) is 13.1. The Balaban J connectivity index is 1.79. The maximum absolute atomic E-state index is 13.1. The van der Waals surface area contributed by atoms with Gasteiger partial charge in [-0.05, 0) is 42.3 Å². The second-order valence-corrected chi connectivity index (χ2v) is 7.41.